The van der Waals surface area contributed by atoms with E-state index in [9.17, 15) is 4.79 Å². The number of rotatable bonds is 6. The summed E-state index contributed by atoms with van der Waals surface area (Å²) in [5.41, 5.74) is 2.68. The Labute approximate surface area is 175 Å². The highest BCUT2D eigenvalue weighted by Crippen LogP contribution is 2.37. The second-order valence-electron chi connectivity index (χ2n) is 7.57. The summed E-state index contributed by atoms with van der Waals surface area (Å²) in [5.74, 6) is 1.43. The van der Waals surface area contributed by atoms with Gasteiger partial charge in [0, 0.05) is 31.1 Å². The lowest BCUT2D eigenvalue weighted by Crippen LogP contribution is -2.37. The molecule has 1 aromatic heterocycles. The molecule has 7 heteroatoms. The van der Waals surface area contributed by atoms with Gasteiger partial charge in [-0.2, -0.15) is 0 Å². The molecule has 0 radical (unpaired) electrons. The average Bonchev–Trinajstić information content (AvgIpc) is 3.12. The van der Waals surface area contributed by atoms with Crippen molar-refractivity contribution in [3.63, 3.8) is 0 Å². The van der Waals surface area contributed by atoms with Crippen LogP contribution in [0.4, 0.5) is 11.5 Å². The number of amides is 1. The summed E-state index contributed by atoms with van der Waals surface area (Å²) in [6, 6.07) is 13.6. The molecule has 154 valence electrons. The van der Waals surface area contributed by atoms with Crippen molar-refractivity contribution in [2.45, 2.75) is 12.8 Å². The first-order valence-corrected chi connectivity index (χ1v) is 10.4. The van der Waals surface area contributed by atoms with E-state index in [0.717, 1.165) is 67.2 Å². The van der Waals surface area contributed by atoms with E-state index in [1.807, 2.05) is 42.5 Å². The number of aromatic nitrogens is 2. The third-order valence-corrected chi connectivity index (χ3v) is 5.61. The van der Waals surface area contributed by atoms with Crippen LogP contribution in [0.25, 0.3) is 10.9 Å². The van der Waals surface area contributed by atoms with Crippen molar-refractivity contribution in [1.29, 1.82) is 0 Å². The van der Waals surface area contributed by atoms with Gasteiger partial charge in [-0.25, -0.2) is 9.97 Å². The Bertz CT molecular complexity index is 1070. The first kappa shape index (κ1) is 19.0. The van der Waals surface area contributed by atoms with Crippen molar-refractivity contribution in [3.8, 4) is 5.75 Å². The van der Waals surface area contributed by atoms with Gasteiger partial charge in [0.2, 0.25) is 5.91 Å². The van der Waals surface area contributed by atoms with Crippen molar-refractivity contribution in [1.82, 2.24) is 14.9 Å². The first-order valence-electron chi connectivity index (χ1n) is 10.4. The van der Waals surface area contributed by atoms with Crippen LogP contribution >= 0.6 is 0 Å². The quantitative estimate of drug-likeness (QED) is 0.589. The summed E-state index contributed by atoms with van der Waals surface area (Å²) in [4.78, 5) is 25.6. The second-order valence-corrected chi connectivity index (χ2v) is 7.57. The molecule has 0 atom stereocenters. The molecule has 2 aliphatic rings. The van der Waals surface area contributed by atoms with Crippen LogP contribution in [0.15, 0.2) is 48.8 Å². The van der Waals surface area contributed by atoms with Crippen molar-refractivity contribution < 1.29 is 14.3 Å². The second kappa shape index (κ2) is 8.38. The van der Waals surface area contributed by atoms with Gasteiger partial charge in [0.15, 0.2) is 5.82 Å². The molecule has 0 saturated carbocycles. The molecule has 7 nitrogen and oxygen atoms in total. The maximum Gasteiger partial charge on any atom is 0.237 e. The monoisotopic (exact) mass is 404 g/mol. The Hall–Kier alpha value is -3.03. The zero-order valence-corrected chi connectivity index (χ0v) is 16.8. The minimum Gasteiger partial charge on any atom is -0.493 e. The molecule has 5 rings (SSSR count). The van der Waals surface area contributed by atoms with E-state index in [1.165, 1.54) is 6.33 Å². The van der Waals surface area contributed by atoms with Crippen LogP contribution in [0, 0.1) is 0 Å². The molecule has 2 aromatic carbocycles. The number of ether oxygens (including phenoxy) is 2. The predicted molar refractivity (Wildman–Crippen MR) is 114 cm³/mol. The maximum absolute atomic E-state index is 12.7. The maximum atomic E-state index is 12.7. The minimum atomic E-state index is 0.0274. The summed E-state index contributed by atoms with van der Waals surface area (Å²) >= 11 is 0. The van der Waals surface area contributed by atoms with Crippen LogP contribution in [0.5, 0.6) is 5.75 Å². The molecule has 30 heavy (non-hydrogen) atoms. The van der Waals surface area contributed by atoms with E-state index < -0.39 is 0 Å². The molecular weight excluding hydrogens is 380 g/mol. The van der Waals surface area contributed by atoms with E-state index in [2.05, 4.69) is 14.9 Å². The lowest BCUT2D eigenvalue weighted by Gasteiger charge is -2.26. The van der Waals surface area contributed by atoms with Gasteiger partial charge in [0.25, 0.3) is 0 Å². The van der Waals surface area contributed by atoms with Gasteiger partial charge in [-0.15, -0.1) is 0 Å². The summed E-state index contributed by atoms with van der Waals surface area (Å²) < 4.78 is 11.3. The summed E-state index contributed by atoms with van der Waals surface area (Å²) in [7, 11) is 0. The zero-order chi connectivity index (χ0) is 20.3. The topological polar surface area (TPSA) is 67.8 Å². The molecule has 0 spiro atoms. The molecule has 0 unspecified atom stereocenters. The molecular formula is C23H24N4O3. The lowest BCUT2D eigenvalue weighted by atomic mass is 10.1. The normalized spacial score (nSPS) is 16.8. The largest absolute Gasteiger partial charge is 0.493 e. The van der Waals surface area contributed by atoms with Crippen LogP contribution < -0.4 is 9.64 Å². The van der Waals surface area contributed by atoms with Crippen LogP contribution in [0.2, 0.25) is 0 Å². The predicted octanol–water partition coefficient (Wildman–Crippen LogP) is 2.95. The number of hydrogen-bond donors (Lipinski definition) is 0. The summed E-state index contributed by atoms with van der Waals surface area (Å²) in [6.07, 6.45) is 2.87. The first-order chi connectivity index (χ1) is 14.8. The van der Waals surface area contributed by atoms with Crippen molar-refractivity contribution in [3.05, 3.63) is 54.4 Å². The van der Waals surface area contributed by atoms with Gasteiger partial charge < -0.3 is 9.47 Å². The van der Waals surface area contributed by atoms with E-state index in [-0.39, 0.29) is 5.91 Å². The lowest BCUT2D eigenvalue weighted by molar-refractivity contribution is -0.116. The Morgan fingerprint density at radius 1 is 1.07 bits per heavy atom. The van der Waals surface area contributed by atoms with Gasteiger partial charge in [0.1, 0.15) is 12.1 Å². The zero-order valence-electron chi connectivity index (χ0n) is 16.8. The van der Waals surface area contributed by atoms with Gasteiger partial charge in [-0.1, -0.05) is 18.2 Å². The van der Waals surface area contributed by atoms with Gasteiger partial charge in [0.05, 0.1) is 37.4 Å². The number of benzene rings is 2. The van der Waals surface area contributed by atoms with Crippen molar-refractivity contribution in [2.24, 2.45) is 0 Å². The summed E-state index contributed by atoms with van der Waals surface area (Å²) in [6.45, 7) is 5.29. The fourth-order valence-corrected chi connectivity index (χ4v) is 4.08. The molecule has 3 aromatic rings. The number of para-hydroxylation sites is 1. The highest BCUT2D eigenvalue weighted by molar-refractivity contribution is 6.11. The fraction of sp³-hybridized carbons (Fsp3) is 0.348. The molecule has 1 saturated heterocycles. The van der Waals surface area contributed by atoms with Crippen LogP contribution in [-0.4, -0.2) is 60.2 Å². The van der Waals surface area contributed by atoms with Crippen LogP contribution in [-0.2, 0) is 16.0 Å². The van der Waals surface area contributed by atoms with Crippen LogP contribution in [0.1, 0.15) is 12.0 Å². The number of fused-ring (bicyclic) bond motifs is 2. The number of morpholine rings is 1. The Kier molecular flexibility index (Phi) is 5.29. The number of hydrogen-bond acceptors (Lipinski definition) is 6. The number of anilines is 2. The summed E-state index contributed by atoms with van der Waals surface area (Å²) in [5, 5.41) is 0.836. The Balaban J connectivity index is 1.31. The standard InChI is InChI=1S/C23H24N4O3/c28-22-14-17-4-1-2-5-21(17)27(22)23-19-7-6-18(15-20(19)24-16-25-23)30-11-3-8-26-9-12-29-13-10-26/h1-2,4-7,15-16H,3,8-14H2. The number of carbonyl (C=O) groups excluding carboxylic acids is 1. The molecule has 0 bridgehead atoms. The molecule has 0 aliphatic carbocycles. The van der Waals surface area contributed by atoms with Crippen molar-refractivity contribution >= 4 is 28.3 Å². The number of nitrogens with zero attached hydrogens (tertiary/aromatic N) is 4. The highest BCUT2D eigenvalue weighted by atomic mass is 16.5. The van der Waals surface area contributed by atoms with E-state index in [0.29, 0.717) is 18.8 Å². The molecule has 1 amide bonds. The van der Waals surface area contributed by atoms with Gasteiger partial charge in [-0.05, 0) is 30.2 Å². The minimum absolute atomic E-state index is 0.0274. The third kappa shape index (κ3) is 3.74. The smallest absolute Gasteiger partial charge is 0.237 e. The van der Waals surface area contributed by atoms with E-state index >= 15 is 0 Å². The molecule has 0 N–H and O–H groups in total. The van der Waals surface area contributed by atoms with Crippen molar-refractivity contribution in [2.75, 3.05) is 44.4 Å². The van der Waals surface area contributed by atoms with Gasteiger partial charge >= 0.3 is 0 Å². The van der Waals surface area contributed by atoms with E-state index in [1.54, 1.807) is 4.90 Å². The third-order valence-electron chi connectivity index (χ3n) is 5.61. The highest BCUT2D eigenvalue weighted by Gasteiger charge is 2.30. The Morgan fingerprint density at radius 3 is 2.83 bits per heavy atom. The SMILES string of the molecule is O=C1Cc2ccccc2N1c1ncnc2cc(OCCCN3CCOCC3)ccc12. The van der Waals surface area contributed by atoms with Gasteiger partial charge in [-0.3, -0.25) is 14.6 Å². The molecule has 2 aliphatic heterocycles. The van der Waals surface area contributed by atoms with Crippen LogP contribution in [0.3, 0.4) is 0 Å². The Morgan fingerprint density at radius 2 is 1.93 bits per heavy atom. The molecule has 1 fully saturated rings. The average molecular weight is 404 g/mol. The molecule has 3 heterocycles. The fourth-order valence-electron chi connectivity index (χ4n) is 4.08. The van der Waals surface area contributed by atoms with E-state index in [4.69, 9.17) is 9.47 Å². The number of carbonyl (C=O) groups is 1.